The fourth-order valence-electron chi connectivity index (χ4n) is 2.35. The molecular formula is C12H14N2O3. The molecule has 1 aliphatic rings. The molecule has 2 N–H and O–H groups in total. The van der Waals surface area contributed by atoms with Crippen molar-refractivity contribution >= 4 is 11.6 Å². The highest BCUT2D eigenvalue weighted by atomic mass is 16.6. The Balaban J connectivity index is 2.34. The predicted molar refractivity (Wildman–Crippen MR) is 62.5 cm³/mol. The van der Waals surface area contributed by atoms with Crippen LogP contribution in [0.1, 0.15) is 29.9 Å². The van der Waals surface area contributed by atoms with Crippen molar-refractivity contribution in [2.75, 3.05) is 0 Å². The highest BCUT2D eigenvalue weighted by molar-refractivity contribution is 5.79. The van der Waals surface area contributed by atoms with Crippen molar-refractivity contribution in [2.45, 2.75) is 25.7 Å². The molecule has 0 unspecified atom stereocenters. The summed E-state index contributed by atoms with van der Waals surface area (Å²) >= 11 is 0. The first-order valence-electron chi connectivity index (χ1n) is 5.55. The molecule has 0 aromatic heterocycles. The van der Waals surface area contributed by atoms with Gasteiger partial charge in [0.2, 0.25) is 5.91 Å². The van der Waals surface area contributed by atoms with Crippen molar-refractivity contribution in [1.82, 2.24) is 0 Å². The second kappa shape index (κ2) is 4.16. The molecule has 17 heavy (non-hydrogen) atoms. The minimum atomic E-state index is -0.416. The van der Waals surface area contributed by atoms with Crippen LogP contribution in [0.5, 0.6) is 0 Å². The van der Waals surface area contributed by atoms with E-state index in [2.05, 4.69) is 0 Å². The predicted octanol–water partition coefficient (Wildman–Crippen LogP) is 1.88. The highest BCUT2D eigenvalue weighted by Gasteiger charge is 2.37. The van der Waals surface area contributed by atoms with E-state index in [0.717, 1.165) is 24.0 Å². The molecule has 1 amide bonds. The lowest BCUT2D eigenvalue weighted by molar-refractivity contribution is -0.385. The monoisotopic (exact) mass is 234 g/mol. The van der Waals surface area contributed by atoms with Crippen LogP contribution < -0.4 is 5.73 Å². The van der Waals surface area contributed by atoms with Crippen molar-refractivity contribution in [2.24, 2.45) is 11.7 Å². The van der Waals surface area contributed by atoms with Gasteiger partial charge >= 0.3 is 0 Å². The maximum Gasteiger partial charge on any atom is 0.269 e. The Kier molecular flexibility index (Phi) is 2.83. The number of benzene rings is 1. The van der Waals surface area contributed by atoms with Crippen molar-refractivity contribution in [3.05, 3.63) is 39.4 Å². The maximum absolute atomic E-state index is 11.2. The molecular weight excluding hydrogens is 220 g/mol. The van der Waals surface area contributed by atoms with Crippen LogP contribution in [-0.4, -0.2) is 10.8 Å². The van der Waals surface area contributed by atoms with E-state index in [1.165, 1.54) is 6.07 Å². The maximum atomic E-state index is 11.2. The average molecular weight is 234 g/mol. The average Bonchev–Trinajstić information content (AvgIpc) is 2.18. The largest absolute Gasteiger partial charge is 0.369 e. The highest BCUT2D eigenvalue weighted by Crippen LogP contribution is 2.44. The van der Waals surface area contributed by atoms with Gasteiger partial charge in [0.1, 0.15) is 0 Å². The zero-order chi connectivity index (χ0) is 12.6. The van der Waals surface area contributed by atoms with E-state index in [9.17, 15) is 14.9 Å². The molecule has 0 heterocycles. The molecule has 1 saturated carbocycles. The van der Waals surface area contributed by atoms with Crippen LogP contribution in [0.25, 0.3) is 0 Å². The first-order valence-corrected chi connectivity index (χ1v) is 5.55. The first-order chi connectivity index (χ1) is 8.00. The minimum absolute atomic E-state index is 0.0485. The van der Waals surface area contributed by atoms with Gasteiger partial charge in [-0.3, -0.25) is 14.9 Å². The SMILES string of the molecule is Cc1ccc([N+](=O)[O-])cc1[C@H]1CC[C@H]1C(N)=O. The number of nitrogens with zero attached hydrogens (tertiary/aromatic N) is 1. The Morgan fingerprint density at radius 1 is 1.47 bits per heavy atom. The van der Waals surface area contributed by atoms with Gasteiger partial charge < -0.3 is 5.73 Å². The van der Waals surface area contributed by atoms with Crippen LogP contribution >= 0.6 is 0 Å². The molecule has 1 fully saturated rings. The zero-order valence-electron chi connectivity index (χ0n) is 9.55. The molecule has 0 aliphatic heterocycles. The van der Waals surface area contributed by atoms with E-state index in [-0.39, 0.29) is 23.4 Å². The fraction of sp³-hybridized carbons (Fsp3) is 0.417. The van der Waals surface area contributed by atoms with Gasteiger partial charge in [0.25, 0.3) is 5.69 Å². The van der Waals surface area contributed by atoms with Gasteiger partial charge in [-0.05, 0) is 36.8 Å². The Bertz CT molecular complexity index is 485. The van der Waals surface area contributed by atoms with Crippen LogP contribution in [0.4, 0.5) is 5.69 Å². The molecule has 5 heteroatoms. The summed E-state index contributed by atoms with van der Waals surface area (Å²) in [5.74, 6) is -0.435. The smallest absolute Gasteiger partial charge is 0.269 e. The third-order valence-corrected chi connectivity index (χ3v) is 3.51. The topological polar surface area (TPSA) is 86.2 Å². The Labute approximate surface area is 98.8 Å². The number of non-ortho nitro benzene ring substituents is 1. The summed E-state index contributed by atoms with van der Waals surface area (Å²) < 4.78 is 0. The number of nitro benzene ring substituents is 1. The number of carbonyl (C=O) groups excluding carboxylic acids is 1. The summed E-state index contributed by atoms with van der Waals surface area (Å²) in [5, 5.41) is 10.7. The second-order valence-electron chi connectivity index (χ2n) is 4.49. The summed E-state index contributed by atoms with van der Waals surface area (Å²) in [5.41, 5.74) is 7.23. The second-order valence-corrected chi connectivity index (χ2v) is 4.49. The van der Waals surface area contributed by atoms with E-state index >= 15 is 0 Å². The Morgan fingerprint density at radius 2 is 2.18 bits per heavy atom. The van der Waals surface area contributed by atoms with Gasteiger partial charge in [0, 0.05) is 18.1 Å². The molecule has 0 saturated heterocycles. The lowest BCUT2D eigenvalue weighted by atomic mass is 9.68. The molecule has 2 rings (SSSR count). The standard InChI is InChI=1S/C12H14N2O3/c1-7-2-3-8(14(16)17)6-11(7)9-4-5-10(9)12(13)15/h2-3,6,9-10H,4-5H2,1H3,(H2,13,15)/t9-,10+/m0/s1. The molecule has 5 nitrogen and oxygen atoms in total. The summed E-state index contributed by atoms with van der Waals surface area (Å²) in [6, 6.07) is 4.77. The van der Waals surface area contributed by atoms with E-state index in [0.29, 0.717) is 0 Å². The summed E-state index contributed by atoms with van der Waals surface area (Å²) in [6.45, 7) is 1.90. The van der Waals surface area contributed by atoms with Gasteiger partial charge in [0.05, 0.1) is 4.92 Å². The number of hydrogen-bond donors (Lipinski definition) is 1. The fourth-order valence-corrected chi connectivity index (χ4v) is 2.35. The van der Waals surface area contributed by atoms with Crippen LogP contribution in [-0.2, 0) is 4.79 Å². The molecule has 0 spiro atoms. The number of amides is 1. The lowest BCUT2D eigenvalue weighted by Crippen LogP contribution is -2.36. The number of nitrogens with two attached hydrogens (primary N) is 1. The van der Waals surface area contributed by atoms with E-state index in [1.807, 2.05) is 6.92 Å². The number of aryl methyl sites for hydroxylation is 1. The van der Waals surface area contributed by atoms with Crippen molar-refractivity contribution in [3.8, 4) is 0 Å². The summed E-state index contributed by atoms with van der Waals surface area (Å²) in [4.78, 5) is 21.5. The molecule has 1 aliphatic carbocycles. The Morgan fingerprint density at radius 3 is 2.65 bits per heavy atom. The molecule has 1 aromatic carbocycles. The van der Waals surface area contributed by atoms with Gasteiger partial charge in [-0.15, -0.1) is 0 Å². The van der Waals surface area contributed by atoms with Gasteiger partial charge in [-0.25, -0.2) is 0 Å². The van der Waals surface area contributed by atoms with Gasteiger partial charge in [0.15, 0.2) is 0 Å². The van der Waals surface area contributed by atoms with E-state index in [1.54, 1.807) is 12.1 Å². The summed E-state index contributed by atoms with van der Waals surface area (Å²) in [7, 11) is 0. The van der Waals surface area contributed by atoms with Crippen LogP contribution in [0, 0.1) is 23.0 Å². The van der Waals surface area contributed by atoms with Crippen molar-refractivity contribution < 1.29 is 9.72 Å². The third-order valence-electron chi connectivity index (χ3n) is 3.51. The van der Waals surface area contributed by atoms with Crippen LogP contribution in [0.15, 0.2) is 18.2 Å². The molecule has 0 bridgehead atoms. The molecule has 90 valence electrons. The quantitative estimate of drug-likeness (QED) is 0.639. The van der Waals surface area contributed by atoms with Crippen molar-refractivity contribution in [3.63, 3.8) is 0 Å². The van der Waals surface area contributed by atoms with Crippen LogP contribution in [0.3, 0.4) is 0 Å². The number of nitro groups is 1. The number of hydrogen-bond acceptors (Lipinski definition) is 3. The lowest BCUT2D eigenvalue weighted by Gasteiger charge is -2.35. The van der Waals surface area contributed by atoms with Crippen molar-refractivity contribution in [1.29, 1.82) is 0 Å². The molecule has 0 radical (unpaired) electrons. The zero-order valence-corrected chi connectivity index (χ0v) is 9.55. The third kappa shape index (κ3) is 2.00. The van der Waals surface area contributed by atoms with Crippen LogP contribution in [0.2, 0.25) is 0 Å². The normalized spacial score (nSPS) is 22.9. The number of primary amides is 1. The molecule has 2 atom stereocenters. The first kappa shape index (κ1) is 11.6. The summed E-state index contributed by atoms with van der Waals surface area (Å²) in [6.07, 6.45) is 1.65. The van der Waals surface area contributed by atoms with E-state index in [4.69, 9.17) is 5.73 Å². The van der Waals surface area contributed by atoms with Gasteiger partial charge in [-0.1, -0.05) is 6.07 Å². The number of carbonyl (C=O) groups is 1. The Hall–Kier alpha value is -1.91. The molecule has 1 aromatic rings. The van der Waals surface area contributed by atoms with E-state index < -0.39 is 4.92 Å². The number of rotatable bonds is 3. The minimum Gasteiger partial charge on any atom is -0.369 e. The van der Waals surface area contributed by atoms with Gasteiger partial charge in [-0.2, -0.15) is 0 Å².